The third-order valence-corrected chi connectivity index (χ3v) is 4.74. The lowest BCUT2D eigenvalue weighted by Crippen LogP contribution is -2.30. The van der Waals surface area contributed by atoms with E-state index >= 15 is 0 Å². The summed E-state index contributed by atoms with van der Waals surface area (Å²) in [6.07, 6.45) is 2.66. The molecule has 0 saturated carbocycles. The van der Waals surface area contributed by atoms with Gasteiger partial charge in [0, 0.05) is 13.1 Å². The summed E-state index contributed by atoms with van der Waals surface area (Å²) in [6, 6.07) is 2.90. The molecule has 120 valence electrons. The normalized spacial score (nSPS) is 15.3. The summed E-state index contributed by atoms with van der Waals surface area (Å²) in [5.74, 6) is -1.61. The summed E-state index contributed by atoms with van der Waals surface area (Å²) < 4.78 is 44.9. The van der Waals surface area contributed by atoms with E-state index in [1.807, 2.05) is 6.08 Å². The van der Waals surface area contributed by atoms with Crippen molar-refractivity contribution in [2.45, 2.75) is 11.3 Å². The van der Waals surface area contributed by atoms with E-state index < -0.39 is 21.8 Å². The summed E-state index contributed by atoms with van der Waals surface area (Å²) in [5, 5.41) is 3.12. The van der Waals surface area contributed by atoms with Gasteiger partial charge in [0.25, 0.3) is 0 Å². The van der Waals surface area contributed by atoms with E-state index in [2.05, 4.69) is 14.8 Å². The zero-order valence-corrected chi connectivity index (χ0v) is 12.9. The summed E-state index contributed by atoms with van der Waals surface area (Å²) in [7, 11) is -2.83. The highest BCUT2D eigenvalue weighted by Gasteiger charge is 2.23. The van der Waals surface area contributed by atoms with Crippen molar-refractivity contribution in [3.8, 4) is 0 Å². The molecule has 22 heavy (non-hydrogen) atoms. The molecule has 0 aliphatic carbocycles. The highest BCUT2D eigenvalue weighted by molar-refractivity contribution is 7.89. The molecule has 0 radical (unpaired) electrons. The number of carbonyl (C=O) groups excluding carboxylic acids is 1. The Bertz CT molecular complexity index is 701. The van der Waals surface area contributed by atoms with Crippen molar-refractivity contribution in [1.29, 1.82) is 0 Å². The summed E-state index contributed by atoms with van der Waals surface area (Å²) in [6.45, 7) is 1.64. The van der Waals surface area contributed by atoms with Crippen LogP contribution in [0.25, 0.3) is 0 Å². The number of hydrogen-bond donors (Lipinski definition) is 2. The Labute approximate surface area is 128 Å². The van der Waals surface area contributed by atoms with Crippen LogP contribution in [0, 0.1) is 5.82 Å². The van der Waals surface area contributed by atoms with Gasteiger partial charge in [0.1, 0.15) is 5.82 Å². The molecule has 0 unspecified atom stereocenters. The average Bonchev–Trinajstić information content (AvgIpc) is 2.53. The molecule has 1 aromatic carbocycles. The van der Waals surface area contributed by atoms with Gasteiger partial charge in [0.15, 0.2) is 0 Å². The molecule has 0 spiro atoms. The number of nitrogens with one attached hydrogen (secondary N) is 2. The molecule has 1 heterocycles. The Morgan fingerprint density at radius 3 is 2.86 bits per heavy atom. The van der Waals surface area contributed by atoms with Gasteiger partial charge < -0.3 is 10.1 Å². The Morgan fingerprint density at radius 2 is 2.23 bits per heavy atom. The van der Waals surface area contributed by atoms with E-state index in [-0.39, 0.29) is 17.0 Å². The van der Waals surface area contributed by atoms with Crippen molar-refractivity contribution in [3.63, 3.8) is 0 Å². The topological polar surface area (TPSA) is 84.5 Å². The molecule has 1 aliphatic heterocycles. The van der Waals surface area contributed by atoms with Crippen molar-refractivity contribution in [1.82, 2.24) is 10.0 Å². The van der Waals surface area contributed by atoms with Gasteiger partial charge >= 0.3 is 5.97 Å². The second-order valence-corrected chi connectivity index (χ2v) is 6.51. The molecule has 0 fully saturated rings. The summed E-state index contributed by atoms with van der Waals surface area (Å²) in [4.78, 5) is 11.3. The Morgan fingerprint density at radius 1 is 1.45 bits per heavy atom. The number of ether oxygens (including phenoxy) is 1. The molecule has 0 atom stereocenters. The number of methoxy groups -OCH3 is 1. The zero-order chi connectivity index (χ0) is 16.2. The fourth-order valence-electron chi connectivity index (χ4n) is 2.10. The third-order valence-electron chi connectivity index (χ3n) is 3.28. The van der Waals surface area contributed by atoms with Crippen molar-refractivity contribution >= 4 is 16.0 Å². The number of halogens is 1. The average molecular weight is 328 g/mol. The second kappa shape index (κ2) is 6.99. The van der Waals surface area contributed by atoms with Gasteiger partial charge in [0.05, 0.1) is 17.6 Å². The summed E-state index contributed by atoms with van der Waals surface area (Å²) in [5.41, 5.74) is 0.637. The number of esters is 1. The van der Waals surface area contributed by atoms with Crippen LogP contribution in [0.2, 0.25) is 0 Å². The lowest BCUT2D eigenvalue weighted by molar-refractivity contribution is 0.0595. The van der Waals surface area contributed by atoms with E-state index in [4.69, 9.17) is 0 Å². The minimum absolute atomic E-state index is 0.155. The van der Waals surface area contributed by atoms with Gasteiger partial charge in [-0.25, -0.2) is 22.3 Å². The molecular formula is C14H17FN2O4S. The molecule has 1 aromatic rings. The number of sulfonamides is 1. The minimum Gasteiger partial charge on any atom is -0.465 e. The largest absolute Gasteiger partial charge is 0.465 e. The van der Waals surface area contributed by atoms with Gasteiger partial charge in [-0.1, -0.05) is 11.6 Å². The molecule has 2 N–H and O–H groups in total. The number of carbonyl (C=O) groups is 1. The van der Waals surface area contributed by atoms with E-state index in [0.29, 0.717) is 6.54 Å². The molecule has 0 saturated heterocycles. The fourth-order valence-corrected chi connectivity index (χ4v) is 3.31. The summed E-state index contributed by atoms with van der Waals surface area (Å²) >= 11 is 0. The van der Waals surface area contributed by atoms with Crippen LogP contribution < -0.4 is 10.0 Å². The second-order valence-electron chi connectivity index (χ2n) is 4.77. The van der Waals surface area contributed by atoms with Crippen molar-refractivity contribution < 1.29 is 22.3 Å². The van der Waals surface area contributed by atoms with E-state index in [1.165, 1.54) is 0 Å². The maximum absolute atomic E-state index is 13.3. The van der Waals surface area contributed by atoms with Crippen LogP contribution in [-0.2, 0) is 14.8 Å². The SMILES string of the molecule is COC(=O)c1cc(F)ccc1S(=O)(=O)NCC1=CCNCC1. The Hall–Kier alpha value is -1.77. The monoisotopic (exact) mass is 328 g/mol. The first-order valence-corrected chi connectivity index (χ1v) is 8.18. The van der Waals surface area contributed by atoms with Crippen LogP contribution in [0.1, 0.15) is 16.8 Å². The maximum Gasteiger partial charge on any atom is 0.339 e. The third kappa shape index (κ3) is 3.90. The van der Waals surface area contributed by atoms with Crippen LogP contribution in [0.5, 0.6) is 0 Å². The van der Waals surface area contributed by atoms with E-state index in [1.54, 1.807) is 0 Å². The quantitative estimate of drug-likeness (QED) is 0.617. The molecule has 0 bridgehead atoms. The van der Waals surface area contributed by atoms with Crippen molar-refractivity contribution in [2.24, 2.45) is 0 Å². The molecule has 8 heteroatoms. The first-order chi connectivity index (χ1) is 10.4. The first-order valence-electron chi connectivity index (χ1n) is 6.70. The molecular weight excluding hydrogens is 311 g/mol. The zero-order valence-electron chi connectivity index (χ0n) is 12.1. The first kappa shape index (κ1) is 16.6. The molecule has 2 rings (SSSR count). The lowest BCUT2D eigenvalue weighted by Gasteiger charge is -2.15. The predicted octanol–water partition coefficient (Wildman–Crippen LogP) is 0.810. The smallest absolute Gasteiger partial charge is 0.339 e. The fraction of sp³-hybridized carbons (Fsp3) is 0.357. The van der Waals surface area contributed by atoms with Gasteiger partial charge in [-0.15, -0.1) is 0 Å². The highest BCUT2D eigenvalue weighted by atomic mass is 32.2. The van der Waals surface area contributed by atoms with Crippen molar-refractivity contribution in [3.05, 3.63) is 41.2 Å². The standard InChI is InChI=1S/C14H17FN2O4S/c1-21-14(18)12-8-11(15)2-3-13(12)22(19,20)17-9-10-4-6-16-7-5-10/h2-4,8,16-17H,5-7,9H2,1H3. The molecule has 0 aromatic heterocycles. The van der Waals surface area contributed by atoms with Crippen molar-refractivity contribution in [2.75, 3.05) is 26.7 Å². The van der Waals surface area contributed by atoms with E-state index in [0.717, 1.165) is 43.8 Å². The van der Waals surface area contributed by atoms with Crippen LogP contribution in [0.15, 0.2) is 34.7 Å². The van der Waals surface area contributed by atoms with Gasteiger partial charge in [-0.3, -0.25) is 0 Å². The van der Waals surface area contributed by atoms with Gasteiger partial charge in [0.2, 0.25) is 10.0 Å². The molecule has 6 nitrogen and oxygen atoms in total. The maximum atomic E-state index is 13.3. The van der Waals surface area contributed by atoms with Crippen LogP contribution in [0.3, 0.4) is 0 Å². The van der Waals surface area contributed by atoms with Crippen LogP contribution in [0.4, 0.5) is 4.39 Å². The van der Waals surface area contributed by atoms with E-state index in [9.17, 15) is 17.6 Å². The number of benzene rings is 1. The minimum atomic E-state index is -3.94. The lowest BCUT2D eigenvalue weighted by atomic mass is 10.1. The molecule has 0 amide bonds. The Kier molecular flexibility index (Phi) is 5.28. The number of rotatable bonds is 5. The van der Waals surface area contributed by atoms with Crippen LogP contribution in [-0.4, -0.2) is 41.1 Å². The Balaban J connectivity index is 2.25. The van der Waals surface area contributed by atoms with Crippen LogP contribution >= 0.6 is 0 Å². The van der Waals surface area contributed by atoms with Gasteiger partial charge in [-0.2, -0.15) is 0 Å². The number of hydrogen-bond acceptors (Lipinski definition) is 5. The van der Waals surface area contributed by atoms with Gasteiger partial charge in [-0.05, 0) is 31.2 Å². The molecule has 1 aliphatic rings. The highest BCUT2D eigenvalue weighted by Crippen LogP contribution is 2.18. The predicted molar refractivity (Wildman–Crippen MR) is 78.5 cm³/mol.